The van der Waals surface area contributed by atoms with E-state index in [1.54, 1.807) is 18.2 Å². The van der Waals surface area contributed by atoms with Crippen LogP contribution in [0.25, 0.3) is 0 Å². The van der Waals surface area contributed by atoms with Crippen LogP contribution in [0.2, 0.25) is 5.02 Å². The Hall–Kier alpha value is -2.59. The molecule has 0 radical (unpaired) electrons. The number of likely N-dealkylation sites (tertiary alicyclic amines) is 1. The largest absolute Gasteiger partial charge is 0.368 e. The van der Waals surface area contributed by atoms with Crippen molar-refractivity contribution in [2.45, 2.75) is 72.3 Å². The van der Waals surface area contributed by atoms with Crippen molar-refractivity contribution in [3.05, 3.63) is 69.0 Å². The first-order valence-corrected chi connectivity index (χ1v) is 12.9. The Kier molecular flexibility index (Phi) is 8.18. The van der Waals surface area contributed by atoms with Gasteiger partial charge in [-0.3, -0.25) is 10.00 Å². The minimum atomic E-state index is -1.60. The summed E-state index contributed by atoms with van der Waals surface area (Å²) in [5, 5.41) is 31.1. The van der Waals surface area contributed by atoms with E-state index in [0.717, 1.165) is 5.69 Å². The summed E-state index contributed by atoms with van der Waals surface area (Å²) in [5.74, 6) is -0.350. The number of nitrogens with one attached hydrogen (secondary N) is 2. The molecule has 1 aromatic carbocycles. The van der Waals surface area contributed by atoms with Gasteiger partial charge in [-0.25, -0.2) is 13.8 Å². The summed E-state index contributed by atoms with van der Waals surface area (Å²) in [7, 11) is 0. The Labute approximate surface area is 220 Å². The minimum absolute atomic E-state index is 0.0634. The molecule has 1 fully saturated rings. The molecule has 0 spiro atoms. The number of aromatic nitrogens is 3. The summed E-state index contributed by atoms with van der Waals surface area (Å²) in [5.41, 5.74) is 2.30. The molecule has 2 atom stereocenters. The normalized spacial score (nSPS) is 20.5. The maximum absolute atomic E-state index is 15.3. The van der Waals surface area contributed by atoms with Crippen LogP contribution in [0.1, 0.15) is 54.8 Å². The van der Waals surface area contributed by atoms with Gasteiger partial charge in [-0.15, -0.1) is 0 Å². The summed E-state index contributed by atoms with van der Waals surface area (Å²) >= 11 is 5.96. The van der Waals surface area contributed by atoms with Crippen molar-refractivity contribution in [2.75, 3.05) is 11.9 Å². The fourth-order valence-corrected chi connectivity index (χ4v) is 5.57. The van der Waals surface area contributed by atoms with Crippen molar-refractivity contribution in [3.63, 3.8) is 0 Å². The molecular formula is C27H34ClF2N5O2. The molecule has 1 saturated heterocycles. The second-order valence-corrected chi connectivity index (χ2v) is 10.5. The number of aliphatic hydroxyl groups is 2. The van der Waals surface area contributed by atoms with Crippen LogP contribution in [0.5, 0.6) is 0 Å². The summed E-state index contributed by atoms with van der Waals surface area (Å²) in [6.45, 7) is 8.45. The van der Waals surface area contributed by atoms with Gasteiger partial charge >= 0.3 is 0 Å². The maximum atomic E-state index is 15.3. The smallest absolute Gasteiger partial charge is 0.169 e. The Morgan fingerprint density at radius 3 is 2.65 bits per heavy atom. The van der Waals surface area contributed by atoms with Crippen molar-refractivity contribution < 1.29 is 19.0 Å². The Morgan fingerprint density at radius 1 is 1.27 bits per heavy atom. The van der Waals surface area contributed by atoms with E-state index in [1.165, 1.54) is 6.07 Å². The second kappa shape index (κ2) is 11.0. The zero-order valence-corrected chi connectivity index (χ0v) is 22.3. The number of hydrogen-bond donors (Lipinski definition) is 4. The minimum Gasteiger partial charge on any atom is -0.368 e. The van der Waals surface area contributed by atoms with Crippen LogP contribution in [0.4, 0.5) is 20.4 Å². The van der Waals surface area contributed by atoms with Crippen LogP contribution in [-0.2, 0) is 19.4 Å². The van der Waals surface area contributed by atoms with Crippen LogP contribution in [0, 0.1) is 30.9 Å². The highest BCUT2D eigenvalue weighted by Gasteiger charge is 2.44. The molecule has 0 amide bonds. The molecule has 3 aromatic rings. The predicted octanol–water partition coefficient (Wildman–Crippen LogP) is 5.18. The third-order valence-electron chi connectivity index (χ3n) is 7.61. The zero-order chi connectivity index (χ0) is 26.9. The molecule has 0 saturated carbocycles. The first kappa shape index (κ1) is 27.4. The predicted molar refractivity (Wildman–Crippen MR) is 140 cm³/mol. The number of aryl methyl sites for hydroxylation is 1. The average molecular weight is 534 g/mol. The van der Waals surface area contributed by atoms with Gasteiger partial charge in [0.05, 0.1) is 5.02 Å². The molecule has 3 heterocycles. The number of hydrogen-bond acceptors (Lipinski definition) is 6. The quantitative estimate of drug-likeness (QED) is 0.298. The van der Waals surface area contributed by atoms with Gasteiger partial charge in [-0.05, 0) is 63.8 Å². The third kappa shape index (κ3) is 5.65. The van der Waals surface area contributed by atoms with Crippen LogP contribution in [-0.4, -0.2) is 49.2 Å². The molecule has 10 heteroatoms. The van der Waals surface area contributed by atoms with Gasteiger partial charge < -0.3 is 15.5 Å². The molecule has 1 aliphatic heterocycles. The molecule has 2 aromatic heterocycles. The maximum Gasteiger partial charge on any atom is 0.169 e. The molecule has 37 heavy (non-hydrogen) atoms. The first-order chi connectivity index (χ1) is 17.5. The van der Waals surface area contributed by atoms with E-state index in [4.69, 9.17) is 11.6 Å². The standard InChI is InChI=1S/C27H34ClF2N5O2/c1-5-19-17(4)21(31-25(24(19)30)32-22-11-15(2)33-34-22)13-27(26(36)37)9-10-35(16(3)12-27)14-18-7-6-8-20(28)23(18)29/h6-8,11,16,26,36-37H,5,9-10,12-14H2,1-4H3,(H2,31,32,33,34)/t16-,27-/m1/s1. The lowest BCUT2D eigenvalue weighted by molar-refractivity contribution is -0.162. The van der Waals surface area contributed by atoms with Gasteiger partial charge in [0.1, 0.15) is 5.82 Å². The average Bonchev–Trinajstić information content (AvgIpc) is 3.26. The zero-order valence-electron chi connectivity index (χ0n) is 21.6. The van der Waals surface area contributed by atoms with Gasteiger partial charge in [0.25, 0.3) is 0 Å². The molecule has 4 N–H and O–H groups in total. The van der Waals surface area contributed by atoms with E-state index in [2.05, 4.69) is 25.4 Å². The van der Waals surface area contributed by atoms with Crippen molar-refractivity contribution in [3.8, 4) is 0 Å². The highest BCUT2D eigenvalue weighted by atomic mass is 35.5. The monoisotopic (exact) mass is 533 g/mol. The summed E-state index contributed by atoms with van der Waals surface area (Å²) < 4.78 is 29.8. The van der Waals surface area contributed by atoms with Gasteiger partial charge in [0.15, 0.2) is 23.7 Å². The Bertz CT molecular complexity index is 1270. The number of halogens is 3. The number of nitrogens with zero attached hydrogens (tertiary/aromatic N) is 3. The number of aromatic amines is 1. The molecule has 0 unspecified atom stereocenters. The lowest BCUT2D eigenvalue weighted by atomic mass is 9.71. The molecule has 0 aliphatic carbocycles. The van der Waals surface area contributed by atoms with Crippen LogP contribution < -0.4 is 5.32 Å². The fraction of sp³-hybridized carbons (Fsp3) is 0.481. The van der Waals surface area contributed by atoms with E-state index in [-0.39, 0.29) is 23.3 Å². The van der Waals surface area contributed by atoms with Crippen molar-refractivity contribution in [1.29, 1.82) is 0 Å². The number of anilines is 2. The molecular weight excluding hydrogens is 500 g/mol. The van der Waals surface area contributed by atoms with Crippen LogP contribution >= 0.6 is 11.6 Å². The van der Waals surface area contributed by atoms with Crippen LogP contribution in [0.15, 0.2) is 24.3 Å². The van der Waals surface area contributed by atoms with Crippen LogP contribution in [0.3, 0.4) is 0 Å². The number of rotatable bonds is 8. The molecule has 200 valence electrons. The lowest BCUT2D eigenvalue weighted by Gasteiger charge is -2.46. The molecule has 4 rings (SSSR count). The van der Waals surface area contributed by atoms with E-state index < -0.39 is 23.3 Å². The number of pyridine rings is 1. The lowest BCUT2D eigenvalue weighted by Crippen LogP contribution is -2.51. The van der Waals surface area contributed by atoms with E-state index in [0.29, 0.717) is 60.6 Å². The number of benzene rings is 1. The summed E-state index contributed by atoms with van der Waals surface area (Å²) in [6.07, 6.45) is 0.0431. The SMILES string of the molecule is CCc1c(C)c(C[C@@]2(C(O)O)CCN(Cc3cccc(Cl)c3F)[C@H](C)C2)nc(Nc2cc(C)[nH]n2)c1F. The van der Waals surface area contributed by atoms with E-state index in [9.17, 15) is 14.6 Å². The summed E-state index contributed by atoms with van der Waals surface area (Å²) in [6, 6.07) is 6.65. The highest BCUT2D eigenvalue weighted by Crippen LogP contribution is 2.42. The summed E-state index contributed by atoms with van der Waals surface area (Å²) in [4.78, 5) is 6.72. The van der Waals surface area contributed by atoms with Gasteiger partial charge in [-0.2, -0.15) is 5.10 Å². The Morgan fingerprint density at radius 2 is 2.03 bits per heavy atom. The van der Waals surface area contributed by atoms with E-state index >= 15 is 4.39 Å². The fourth-order valence-electron chi connectivity index (χ4n) is 5.38. The Balaban J connectivity index is 1.60. The van der Waals surface area contributed by atoms with Gasteiger partial charge in [-0.1, -0.05) is 30.7 Å². The molecule has 0 bridgehead atoms. The topological polar surface area (TPSA) is 97.3 Å². The van der Waals surface area contributed by atoms with Crippen molar-refractivity contribution >= 4 is 23.2 Å². The van der Waals surface area contributed by atoms with Crippen molar-refractivity contribution in [2.24, 2.45) is 5.41 Å². The number of aliphatic hydroxyl groups excluding tert-OH is 1. The van der Waals surface area contributed by atoms with Crippen molar-refractivity contribution in [1.82, 2.24) is 20.1 Å². The van der Waals surface area contributed by atoms with Gasteiger partial charge in [0, 0.05) is 47.4 Å². The molecule has 1 aliphatic rings. The number of H-pyrrole nitrogens is 1. The van der Waals surface area contributed by atoms with E-state index in [1.807, 2.05) is 27.7 Å². The second-order valence-electron chi connectivity index (χ2n) is 10.1. The molecule has 7 nitrogen and oxygen atoms in total. The number of piperidine rings is 1. The highest BCUT2D eigenvalue weighted by molar-refractivity contribution is 6.30. The van der Waals surface area contributed by atoms with Gasteiger partial charge in [0.2, 0.25) is 0 Å². The first-order valence-electron chi connectivity index (χ1n) is 12.5. The third-order valence-corrected chi connectivity index (χ3v) is 7.90.